The van der Waals surface area contributed by atoms with Crippen LogP contribution in [-0.2, 0) is 27.3 Å². The number of rotatable bonds is 4. The van der Waals surface area contributed by atoms with Crippen molar-refractivity contribution in [2.75, 3.05) is 5.75 Å². The van der Waals surface area contributed by atoms with Crippen molar-refractivity contribution in [3.63, 3.8) is 0 Å². The molecule has 20 heavy (non-hydrogen) atoms. The summed E-state index contributed by atoms with van der Waals surface area (Å²) in [5.74, 6) is 0.535. The van der Waals surface area contributed by atoms with Gasteiger partial charge in [0.25, 0.3) is 0 Å². The number of nitrogens with one attached hydrogen (secondary N) is 1. The Morgan fingerprint density at radius 3 is 2.10 bits per heavy atom. The summed E-state index contributed by atoms with van der Waals surface area (Å²) in [6, 6.07) is -0.572. The van der Waals surface area contributed by atoms with Crippen LogP contribution >= 0.6 is 9.69 Å². The van der Waals surface area contributed by atoms with Crippen LogP contribution in [0.15, 0.2) is 0 Å². The average molecular weight is 410 g/mol. The van der Waals surface area contributed by atoms with Crippen LogP contribution in [0.2, 0.25) is 0 Å². The molecule has 0 aromatic carbocycles. The summed E-state index contributed by atoms with van der Waals surface area (Å²) in [7, 11) is 1.28. The van der Waals surface area contributed by atoms with E-state index in [1.807, 2.05) is 17.3 Å². The maximum absolute atomic E-state index is 12.0. The summed E-state index contributed by atoms with van der Waals surface area (Å²) >= 11 is 1.82. The van der Waals surface area contributed by atoms with Crippen molar-refractivity contribution in [3.8, 4) is 0 Å². The normalized spacial score (nSPS) is 27.3. The Hall–Kier alpha value is 0.783. The van der Waals surface area contributed by atoms with Gasteiger partial charge < -0.3 is 17.9 Å². The second kappa shape index (κ2) is 10.5. The zero-order chi connectivity index (χ0) is 14.3. The minimum absolute atomic E-state index is 0. The number of nitrogens with zero attached hydrogens (tertiary/aromatic N) is 1. The van der Waals surface area contributed by atoms with E-state index in [4.69, 9.17) is 5.73 Å². The molecule has 2 saturated carbocycles. The Morgan fingerprint density at radius 1 is 1.05 bits per heavy atom. The van der Waals surface area contributed by atoms with Crippen LogP contribution in [0, 0.1) is 13.3 Å². The van der Waals surface area contributed by atoms with E-state index in [9.17, 15) is 8.42 Å². The standard InChI is InChI=1S/C12H22N2O2S.CH3.ClH.Ru/c13-11-7-3-4-8-12(11)14-17(15,16)9-10-5-1-2-6-10;;;/h10-13H,1-9H2;1H3;1H;/q-2;-1;;+4/p-1. The van der Waals surface area contributed by atoms with Crippen molar-refractivity contribution in [1.29, 1.82) is 0 Å². The maximum atomic E-state index is 12.0. The van der Waals surface area contributed by atoms with Crippen molar-refractivity contribution in [1.82, 2.24) is 0 Å². The zero-order valence-electron chi connectivity index (χ0n) is 12.0. The summed E-state index contributed by atoms with van der Waals surface area (Å²) in [5.41, 5.74) is 7.84. The van der Waals surface area contributed by atoms with Crippen LogP contribution in [0.3, 0.4) is 0 Å². The number of halogens is 1. The molecule has 2 aliphatic carbocycles. The van der Waals surface area contributed by atoms with Gasteiger partial charge in [-0.2, -0.15) is 6.04 Å². The molecule has 0 aromatic heterocycles. The first-order chi connectivity index (χ1) is 9.07. The van der Waals surface area contributed by atoms with Crippen LogP contribution in [-0.4, -0.2) is 26.3 Å². The molecule has 1 N–H and O–H groups in total. The molecule has 0 spiro atoms. The second-order valence-corrected chi connectivity index (χ2v) is 7.17. The van der Waals surface area contributed by atoms with E-state index in [1.54, 1.807) is 0 Å². The van der Waals surface area contributed by atoms with E-state index in [1.165, 1.54) is 0 Å². The molecule has 0 heterocycles. The fourth-order valence-corrected chi connectivity index (χ4v) is 4.64. The monoisotopic (exact) mass is 410 g/mol. The van der Waals surface area contributed by atoms with Crippen LogP contribution in [0.1, 0.15) is 51.4 Å². The molecule has 2 aliphatic rings. The van der Waals surface area contributed by atoms with Crippen molar-refractivity contribution in [3.05, 3.63) is 17.9 Å². The molecule has 0 aliphatic heterocycles. The van der Waals surface area contributed by atoms with Crippen LogP contribution in [0.5, 0.6) is 0 Å². The van der Waals surface area contributed by atoms with Gasteiger partial charge in [-0.25, -0.2) is 8.42 Å². The fraction of sp³-hybridized carbons (Fsp3) is 0.923. The first kappa shape index (κ1) is 20.8. The van der Waals surface area contributed by atoms with E-state index in [2.05, 4.69) is 14.4 Å². The van der Waals surface area contributed by atoms with Crippen LogP contribution < -0.4 is 0 Å². The average Bonchev–Trinajstić information content (AvgIpc) is 2.86. The summed E-state index contributed by atoms with van der Waals surface area (Å²) < 4.78 is 27.9. The molecule has 0 radical (unpaired) electrons. The molecule has 2 fully saturated rings. The molecule has 2 rings (SSSR count). The summed E-state index contributed by atoms with van der Waals surface area (Å²) in [5, 5.41) is 0. The first-order valence-corrected chi connectivity index (χ1v) is 10.7. The van der Waals surface area contributed by atoms with E-state index in [0.717, 1.165) is 51.4 Å². The maximum Gasteiger partial charge on any atom is 0.0726 e. The first-order valence-electron chi connectivity index (χ1n) is 6.86. The fourth-order valence-electron chi connectivity index (χ4n) is 2.96. The molecule has 2 unspecified atom stereocenters. The molecule has 120 valence electrons. The minimum Gasteiger partial charge on any atom is -0.676 e. The third kappa shape index (κ3) is 7.17. The molecule has 7 heteroatoms. The third-order valence-corrected chi connectivity index (χ3v) is 5.43. The van der Waals surface area contributed by atoms with Crippen molar-refractivity contribution in [2.45, 2.75) is 63.5 Å². The van der Waals surface area contributed by atoms with E-state index in [0.29, 0.717) is 5.92 Å². The Bertz CT molecular complexity index is 348. The molecular weight excluding hydrogens is 385 g/mol. The van der Waals surface area contributed by atoms with E-state index >= 15 is 0 Å². The van der Waals surface area contributed by atoms with Gasteiger partial charge in [-0.3, -0.25) is 0 Å². The molecule has 0 amide bonds. The molecule has 4 nitrogen and oxygen atoms in total. The Kier molecular flexibility index (Phi) is 10.9. The smallest absolute Gasteiger partial charge is 0.0726 e. The molecular formula is C13H25ClN2O2RuS. The molecule has 2 atom stereocenters. The zero-order valence-corrected chi connectivity index (χ0v) is 15.3. The molecule has 0 aromatic rings. The number of hydrogen-bond acceptors (Lipinski definition) is 2. The van der Waals surface area contributed by atoms with Crippen molar-refractivity contribution in [2.24, 2.45) is 5.92 Å². The van der Waals surface area contributed by atoms with Gasteiger partial charge in [0.2, 0.25) is 0 Å². The summed E-state index contributed by atoms with van der Waals surface area (Å²) in [6.07, 6.45) is 8.01. The second-order valence-electron chi connectivity index (χ2n) is 5.46. The quantitative estimate of drug-likeness (QED) is 0.510. The van der Waals surface area contributed by atoms with Crippen molar-refractivity contribution >= 4 is 19.7 Å². The topological polar surface area (TPSA) is 72.0 Å². The van der Waals surface area contributed by atoms with Crippen LogP contribution in [0.25, 0.3) is 10.5 Å². The number of hydrogen-bond donors (Lipinski definition) is 0. The largest absolute Gasteiger partial charge is 0.676 e. The van der Waals surface area contributed by atoms with Crippen LogP contribution in [0.4, 0.5) is 0 Å². The minimum atomic E-state index is -3.29. The van der Waals surface area contributed by atoms with Gasteiger partial charge in [0.15, 0.2) is 0 Å². The van der Waals surface area contributed by atoms with Gasteiger partial charge in [0.05, 0.1) is 10.0 Å². The number of sulfonamides is 1. The third-order valence-electron chi connectivity index (χ3n) is 3.95. The van der Waals surface area contributed by atoms with Gasteiger partial charge in [-0.1, -0.05) is 38.5 Å². The van der Waals surface area contributed by atoms with Gasteiger partial charge in [-0.15, -0.1) is 6.04 Å². The van der Waals surface area contributed by atoms with E-state index < -0.39 is 10.0 Å². The summed E-state index contributed by atoms with van der Waals surface area (Å²) in [6.45, 7) is 0. The van der Waals surface area contributed by atoms with Gasteiger partial charge >= 0.3 is 27.0 Å². The summed E-state index contributed by atoms with van der Waals surface area (Å²) in [4.78, 5) is 0. The molecule has 0 saturated heterocycles. The van der Waals surface area contributed by atoms with Gasteiger partial charge in [-0.05, 0) is 18.8 Å². The Morgan fingerprint density at radius 2 is 1.55 bits per heavy atom. The van der Waals surface area contributed by atoms with E-state index in [-0.39, 0.29) is 25.3 Å². The Labute approximate surface area is 138 Å². The predicted octanol–water partition coefficient (Wildman–Crippen LogP) is 4.38. The van der Waals surface area contributed by atoms with Gasteiger partial charge in [0.1, 0.15) is 0 Å². The van der Waals surface area contributed by atoms with Gasteiger partial charge in [0, 0.05) is 5.75 Å². The van der Waals surface area contributed by atoms with Crippen molar-refractivity contribution < 1.29 is 25.7 Å². The molecule has 0 bridgehead atoms. The Balaban J connectivity index is 0.00000115. The SMILES string of the molecule is [CH3-].[Cl][Ru+3].[NH-]C1CCCCC1[N-]S(=O)(=O)CC1CCCC1. The predicted molar refractivity (Wildman–Crippen MR) is 81.7 cm³/mol.